The molecule has 1 fully saturated rings. The summed E-state index contributed by atoms with van der Waals surface area (Å²) in [6, 6.07) is 11.9. The summed E-state index contributed by atoms with van der Waals surface area (Å²) < 4.78 is 67.5. The predicted molar refractivity (Wildman–Crippen MR) is 164 cm³/mol. The molecule has 5 aromatic heterocycles. The number of alkyl halides is 2. The van der Waals surface area contributed by atoms with Crippen molar-refractivity contribution in [3.8, 4) is 33.9 Å². The van der Waals surface area contributed by atoms with Crippen LogP contribution >= 0.6 is 0 Å². The Labute approximate surface area is 255 Å². The van der Waals surface area contributed by atoms with Crippen molar-refractivity contribution >= 4 is 31.8 Å². The van der Waals surface area contributed by atoms with Crippen LogP contribution in [0.3, 0.4) is 0 Å². The molecule has 1 aliphatic heterocycles. The molecule has 14 heteroatoms. The number of H-pyrrole nitrogens is 2. The summed E-state index contributed by atoms with van der Waals surface area (Å²) in [5.41, 5.74) is 6.50. The average molecular weight is 633 g/mol. The number of hydrogen-bond donors (Lipinski definition) is 3. The summed E-state index contributed by atoms with van der Waals surface area (Å²) in [6.07, 6.45) is 7.58. The van der Waals surface area contributed by atoms with E-state index in [-0.39, 0.29) is 19.5 Å². The van der Waals surface area contributed by atoms with Crippen LogP contribution in [0.5, 0.6) is 0 Å². The van der Waals surface area contributed by atoms with Crippen LogP contribution in [-0.2, 0) is 23.1 Å². The van der Waals surface area contributed by atoms with E-state index >= 15 is 0 Å². The Morgan fingerprint density at radius 2 is 1.78 bits per heavy atom. The lowest BCUT2D eigenvalue weighted by atomic mass is 10.0. The van der Waals surface area contributed by atoms with Gasteiger partial charge in [-0.25, -0.2) is 26.3 Å². The molecule has 0 aliphatic carbocycles. The minimum Gasteiger partial charge on any atom is -0.353 e. The summed E-state index contributed by atoms with van der Waals surface area (Å²) in [6.45, 7) is 0.396. The molecule has 10 nitrogen and oxygen atoms in total. The summed E-state index contributed by atoms with van der Waals surface area (Å²) in [7, 11) is -3.46. The average Bonchev–Trinajstić information content (AvgIpc) is 3.71. The molecule has 6 aromatic rings. The Morgan fingerprint density at radius 1 is 0.956 bits per heavy atom. The van der Waals surface area contributed by atoms with Crippen molar-refractivity contribution in [3.63, 3.8) is 0 Å². The van der Waals surface area contributed by atoms with Gasteiger partial charge in [-0.15, -0.1) is 0 Å². The van der Waals surface area contributed by atoms with Crippen LogP contribution in [0.4, 0.5) is 13.2 Å². The number of aromatic nitrogens is 6. The zero-order valence-corrected chi connectivity index (χ0v) is 24.8. The fourth-order valence-corrected chi connectivity index (χ4v) is 6.14. The third-order valence-electron chi connectivity index (χ3n) is 7.77. The van der Waals surface area contributed by atoms with Crippen LogP contribution in [-0.4, -0.2) is 68.7 Å². The summed E-state index contributed by atoms with van der Waals surface area (Å²) in [4.78, 5) is 18.5. The molecular weight excluding hydrogens is 605 g/mol. The second-order valence-electron chi connectivity index (χ2n) is 11.3. The lowest BCUT2D eigenvalue weighted by molar-refractivity contribution is 0.0115. The second kappa shape index (κ2) is 11.1. The monoisotopic (exact) mass is 632 g/mol. The Morgan fingerprint density at radius 3 is 2.58 bits per heavy atom. The van der Waals surface area contributed by atoms with Gasteiger partial charge in [0, 0.05) is 72.1 Å². The van der Waals surface area contributed by atoms with E-state index in [1.165, 1.54) is 12.1 Å². The van der Waals surface area contributed by atoms with Gasteiger partial charge in [0.05, 0.1) is 41.6 Å². The van der Waals surface area contributed by atoms with Gasteiger partial charge in [-0.3, -0.25) is 25.0 Å². The van der Waals surface area contributed by atoms with E-state index in [9.17, 15) is 21.6 Å². The number of fused-ring (bicyclic) bond motifs is 2. The van der Waals surface area contributed by atoms with Gasteiger partial charge in [-0.05, 0) is 53.6 Å². The number of sulfonamides is 1. The van der Waals surface area contributed by atoms with Gasteiger partial charge in [-0.1, -0.05) is 0 Å². The highest BCUT2D eigenvalue weighted by atomic mass is 32.2. The van der Waals surface area contributed by atoms with Gasteiger partial charge >= 0.3 is 0 Å². The first-order valence-electron chi connectivity index (χ1n) is 14.1. The highest BCUT2D eigenvalue weighted by molar-refractivity contribution is 7.88. The molecule has 0 saturated carbocycles. The van der Waals surface area contributed by atoms with E-state index in [0.717, 1.165) is 33.7 Å². The van der Waals surface area contributed by atoms with Gasteiger partial charge in [0.1, 0.15) is 11.5 Å². The number of likely N-dealkylation sites (tertiary alicyclic amines) is 1. The molecule has 0 radical (unpaired) electrons. The number of pyridine rings is 3. The molecule has 6 heterocycles. The van der Waals surface area contributed by atoms with E-state index in [1.54, 1.807) is 35.8 Å². The van der Waals surface area contributed by atoms with Gasteiger partial charge in [0.2, 0.25) is 10.0 Å². The van der Waals surface area contributed by atoms with E-state index in [2.05, 4.69) is 34.9 Å². The molecular formula is C31H27F3N8O2S. The molecule has 3 N–H and O–H groups in total. The van der Waals surface area contributed by atoms with Crippen molar-refractivity contribution in [1.82, 2.24) is 39.8 Å². The molecule has 1 aromatic carbocycles. The van der Waals surface area contributed by atoms with Crippen LogP contribution in [0.25, 0.3) is 55.7 Å². The molecule has 0 unspecified atom stereocenters. The molecule has 0 bridgehead atoms. The standard InChI is InChI=1S/C31H27F3N8O2S/c1-45(43,44)38-13-18-6-20(9-22(32)8-18)29-23-11-27(39-25(23)2-4-36-29)30-24-10-26(37-15-28(24)40-41-30)21-7-19(12-35-14-21)16-42-5-3-31(33,34)17-42/h2,4,6-12,14-15,38-39H,3,5,13,16-17H2,1H3,(H,40,41). The largest absolute Gasteiger partial charge is 0.353 e. The van der Waals surface area contributed by atoms with Gasteiger partial charge in [-0.2, -0.15) is 5.10 Å². The van der Waals surface area contributed by atoms with Crippen LogP contribution in [0.1, 0.15) is 17.5 Å². The Balaban J connectivity index is 1.22. The van der Waals surface area contributed by atoms with Crippen LogP contribution in [0, 0.1) is 5.82 Å². The predicted octanol–water partition coefficient (Wildman–Crippen LogP) is 5.26. The smallest absolute Gasteiger partial charge is 0.261 e. The van der Waals surface area contributed by atoms with Gasteiger partial charge in [0.15, 0.2) is 0 Å². The molecule has 0 amide bonds. The van der Waals surface area contributed by atoms with E-state index < -0.39 is 21.8 Å². The molecule has 1 aliphatic rings. The SMILES string of the molecule is CS(=O)(=O)NCc1cc(F)cc(-c2nccc3[nH]c(-c4n[nH]c5cnc(-c6cncc(CN7CCC(F)(F)C7)c6)cc45)cc23)c1. The molecule has 45 heavy (non-hydrogen) atoms. The number of halogens is 3. The van der Waals surface area contributed by atoms with Crippen molar-refractivity contribution in [1.29, 1.82) is 0 Å². The maximum Gasteiger partial charge on any atom is 0.261 e. The number of hydrogen-bond acceptors (Lipinski definition) is 7. The third kappa shape index (κ3) is 6.16. The zero-order chi connectivity index (χ0) is 31.3. The van der Waals surface area contributed by atoms with Gasteiger partial charge in [0.25, 0.3) is 5.92 Å². The molecule has 0 atom stereocenters. The normalized spacial score (nSPS) is 15.4. The summed E-state index contributed by atoms with van der Waals surface area (Å²) in [5.74, 6) is -3.17. The highest BCUT2D eigenvalue weighted by Crippen LogP contribution is 2.35. The van der Waals surface area contributed by atoms with Crippen LogP contribution in [0.2, 0.25) is 0 Å². The number of nitrogens with one attached hydrogen (secondary N) is 3. The van der Waals surface area contributed by atoms with Crippen molar-refractivity contribution < 1.29 is 21.6 Å². The van der Waals surface area contributed by atoms with Crippen molar-refractivity contribution in [2.45, 2.75) is 25.4 Å². The number of nitrogens with zero attached hydrogens (tertiary/aromatic N) is 5. The van der Waals surface area contributed by atoms with Crippen molar-refractivity contribution in [2.75, 3.05) is 19.3 Å². The lowest BCUT2D eigenvalue weighted by Crippen LogP contribution is -2.24. The summed E-state index contributed by atoms with van der Waals surface area (Å²) >= 11 is 0. The quantitative estimate of drug-likeness (QED) is 0.209. The molecule has 1 saturated heterocycles. The Kier molecular flexibility index (Phi) is 7.14. The third-order valence-corrected chi connectivity index (χ3v) is 8.43. The maximum atomic E-state index is 14.6. The Hall–Kier alpha value is -4.66. The lowest BCUT2D eigenvalue weighted by Gasteiger charge is -2.15. The first-order valence-corrected chi connectivity index (χ1v) is 16.0. The van der Waals surface area contributed by atoms with E-state index in [4.69, 9.17) is 0 Å². The van der Waals surface area contributed by atoms with E-state index in [1.807, 2.05) is 24.3 Å². The molecule has 230 valence electrons. The topological polar surface area (TPSA) is 133 Å². The fourth-order valence-electron chi connectivity index (χ4n) is 5.71. The number of aromatic amines is 2. The fraction of sp³-hybridized carbons (Fsp3) is 0.226. The molecule has 7 rings (SSSR count). The number of rotatable bonds is 8. The highest BCUT2D eigenvalue weighted by Gasteiger charge is 2.37. The Bertz CT molecular complexity index is 2180. The first-order chi connectivity index (χ1) is 21.5. The van der Waals surface area contributed by atoms with Crippen LogP contribution in [0.15, 0.2) is 67.3 Å². The minimum absolute atomic E-state index is 0.0554. The zero-order valence-electron chi connectivity index (χ0n) is 24.0. The minimum atomic E-state index is -3.46. The van der Waals surface area contributed by atoms with E-state index in [0.29, 0.717) is 52.5 Å². The first kappa shape index (κ1) is 29.1. The second-order valence-corrected chi connectivity index (χ2v) is 13.2. The van der Waals surface area contributed by atoms with Gasteiger partial charge < -0.3 is 4.98 Å². The summed E-state index contributed by atoms with van der Waals surface area (Å²) in [5, 5.41) is 9.08. The van der Waals surface area contributed by atoms with Crippen molar-refractivity contribution in [3.05, 3.63) is 84.2 Å². The molecule has 0 spiro atoms. The number of benzene rings is 1. The van der Waals surface area contributed by atoms with Crippen molar-refractivity contribution in [2.24, 2.45) is 0 Å². The van der Waals surface area contributed by atoms with Crippen LogP contribution < -0.4 is 4.72 Å². The maximum absolute atomic E-state index is 14.6.